The molecule has 1 amide bonds. The molecule has 0 spiro atoms. The van der Waals surface area contributed by atoms with Crippen LogP contribution in [0.5, 0.6) is 0 Å². The van der Waals surface area contributed by atoms with Crippen LogP contribution in [-0.4, -0.2) is 30.8 Å². The summed E-state index contributed by atoms with van der Waals surface area (Å²) in [4.78, 5) is 11.1. The van der Waals surface area contributed by atoms with Crippen molar-refractivity contribution in [2.45, 2.75) is 13.0 Å². The van der Waals surface area contributed by atoms with E-state index in [1.165, 1.54) is 0 Å². The molecule has 0 atom stereocenters. The third kappa shape index (κ3) is 5.48. The molecule has 0 aromatic heterocycles. The fourth-order valence-corrected chi connectivity index (χ4v) is 1.21. The Bertz CT molecular complexity index is 300. The number of amides is 1. The number of aliphatic hydroxyl groups excluding tert-OH is 1. The summed E-state index contributed by atoms with van der Waals surface area (Å²) in [5.41, 5.74) is 1.10. The average molecular weight is 223 g/mol. The second kappa shape index (κ2) is 7.84. The zero-order valence-electron chi connectivity index (χ0n) is 9.19. The second-order valence-corrected chi connectivity index (χ2v) is 3.36. The molecule has 0 radical (unpaired) electrons. The fraction of sp³-hybridized carbons (Fsp3) is 0.417. The molecule has 2 N–H and O–H groups in total. The van der Waals surface area contributed by atoms with Crippen LogP contribution in [0, 0.1) is 0 Å². The molecule has 4 nitrogen and oxygen atoms in total. The van der Waals surface area contributed by atoms with Crippen LogP contribution < -0.4 is 5.32 Å². The van der Waals surface area contributed by atoms with E-state index in [4.69, 9.17) is 9.84 Å². The maximum atomic E-state index is 11.1. The SMILES string of the molecule is O=C(CCOCc1ccccc1)NCCO. The first-order valence-corrected chi connectivity index (χ1v) is 5.32. The lowest BCUT2D eigenvalue weighted by Gasteiger charge is -2.05. The fourth-order valence-electron chi connectivity index (χ4n) is 1.21. The third-order valence-electron chi connectivity index (χ3n) is 2.02. The summed E-state index contributed by atoms with van der Waals surface area (Å²) in [7, 11) is 0. The highest BCUT2D eigenvalue weighted by atomic mass is 16.5. The molecule has 88 valence electrons. The highest BCUT2D eigenvalue weighted by molar-refractivity contribution is 5.75. The van der Waals surface area contributed by atoms with Crippen molar-refractivity contribution in [3.8, 4) is 0 Å². The van der Waals surface area contributed by atoms with E-state index < -0.39 is 0 Å². The summed E-state index contributed by atoms with van der Waals surface area (Å²) in [6, 6.07) is 9.81. The van der Waals surface area contributed by atoms with E-state index in [0.717, 1.165) is 5.56 Å². The van der Waals surface area contributed by atoms with Gasteiger partial charge in [-0.25, -0.2) is 0 Å². The lowest BCUT2D eigenvalue weighted by Crippen LogP contribution is -2.27. The molecule has 0 aliphatic carbocycles. The molecular weight excluding hydrogens is 206 g/mol. The van der Waals surface area contributed by atoms with Crippen molar-refractivity contribution in [1.82, 2.24) is 5.32 Å². The van der Waals surface area contributed by atoms with Crippen LogP contribution in [-0.2, 0) is 16.1 Å². The van der Waals surface area contributed by atoms with E-state index in [1.807, 2.05) is 30.3 Å². The van der Waals surface area contributed by atoms with Crippen LogP contribution in [0.4, 0.5) is 0 Å². The molecule has 0 aliphatic heterocycles. The normalized spacial score (nSPS) is 10.1. The van der Waals surface area contributed by atoms with Crippen molar-refractivity contribution in [3.05, 3.63) is 35.9 Å². The molecule has 1 rings (SSSR count). The van der Waals surface area contributed by atoms with Gasteiger partial charge in [0.15, 0.2) is 0 Å². The Morgan fingerprint density at radius 1 is 1.31 bits per heavy atom. The van der Waals surface area contributed by atoms with Crippen LogP contribution in [0.2, 0.25) is 0 Å². The van der Waals surface area contributed by atoms with Crippen molar-refractivity contribution in [3.63, 3.8) is 0 Å². The molecule has 4 heteroatoms. The minimum Gasteiger partial charge on any atom is -0.395 e. The summed E-state index contributed by atoms with van der Waals surface area (Å²) in [6.07, 6.45) is 0.326. The van der Waals surface area contributed by atoms with Gasteiger partial charge in [-0.05, 0) is 5.56 Å². The van der Waals surface area contributed by atoms with Crippen LogP contribution in [0.1, 0.15) is 12.0 Å². The second-order valence-electron chi connectivity index (χ2n) is 3.36. The molecule has 1 aromatic carbocycles. The van der Waals surface area contributed by atoms with Gasteiger partial charge in [0.2, 0.25) is 5.91 Å². The first-order chi connectivity index (χ1) is 7.83. The van der Waals surface area contributed by atoms with Gasteiger partial charge < -0.3 is 15.2 Å². The lowest BCUT2D eigenvalue weighted by atomic mass is 10.2. The van der Waals surface area contributed by atoms with Crippen molar-refractivity contribution in [2.24, 2.45) is 0 Å². The van der Waals surface area contributed by atoms with E-state index in [-0.39, 0.29) is 12.5 Å². The van der Waals surface area contributed by atoms with E-state index in [9.17, 15) is 4.79 Å². The van der Waals surface area contributed by atoms with Gasteiger partial charge in [0.25, 0.3) is 0 Å². The quantitative estimate of drug-likeness (QED) is 0.669. The zero-order chi connectivity index (χ0) is 11.6. The number of ether oxygens (including phenoxy) is 1. The molecule has 0 saturated carbocycles. The zero-order valence-corrected chi connectivity index (χ0v) is 9.19. The first kappa shape index (κ1) is 12.7. The van der Waals surface area contributed by atoms with Gasteiger partial charge in [-0.3, -0.25) is 4.79 Å². The first-order valence-electron chi connectivity index (χ1n) is 5.32. The minimum atomic E-state index is -0.0953. The molecule has 0 bridgehead atoms. The molecular formula is C12H17NO3. The van der Waals surface area contributed by atoms with Crippen molar-refractivity contribution in [1.29, 1.82) is 0 Å². The predicted octanol–water partition coefficient (Wildman–Crippen LogP) is 0.702. The number of carbonyl (C=O) groups is 1. The number of carbonyl (C=O) groups excluding carboxylic acids is 1. The third-order valence-corrected chi connectivity index (χ3v) is 2.02. The van der Waals surface area contributed by atoms with Gasteiger partial charge in [0.05, 0.1) is 19.8 Å². The molecule has 1 aromatic rings. The number of benzene rings is 1. The van der Waals surface area contributed by atoms with E-state index in [0.29, 0.717) is 26.2 Å². The van der Waals surface area contributed by atoms with Crippen LogP contribution in [0.3, 0.4) is 0 Å². The number of rotatable bonds is 7. The van der Waals surface area contributed by atoms with Crippen LogP contribution in [0.25, 0.3) is 0 Å². The number of hydrogen-bond donors (Lipinski definition) is 2. The van der Waals surface area contributed by atoms with E-state index in [2.05, 4.69) is 5.32 Å². The number of hydrogen-bond acceptors (Lipinski definition) is 3. The Hall–Kier alpha value is -1.39. The Kier molecular flexibility index (Phi) is 6.22. The van der Waals surface area contributed by atoms with Gasteiger partial charge in [-0.1, -0.05) is 30.3 Å². The summed E-state index contributed by atoms with van der Waals surface area (Å²) in [6.45, 7) is 1.19. The van der Waals surface area contributed by atoms with Gasteiger partial charge in [0, 0.05) is 13.0 Å². The Balaban J connectivity index is 2.06. The molecule has 16 heavy (non-hydrogen) atoms. The van der Waals surface area contributed by atoms with Crippen LogP contribution in [0.15, 0.2) is 30.3 Å². The summed E-state index contributed by atoms with van der Waals surface area (Å²) < 4.78 is 5.35. The van der Waals surface area contributed by atoms with Crippen molar-refractivity contribution in [2.75, 3.05) is 19.8 Å². The minimum absolute atomic E-state index is 0.0311. The topological polar surface area (TPSA) is 58.6 Å². The Labute approximate surface area is 95.2 Å². The molecule has 0 heterocycles. The van der Waals surface area contributed by atoms with Gasteiger partial charge in [0.1, 0.15) is 0 Å². The average Bonchev–Trinajstić information content (AvgIpc) is 2.33. The van der Waals surface area contributed by atoms with Crippen LogP contribution >= 0.6 is 0 Å². The largest absolute Gasteiger partial charge is 0.395 e. The number of aliphatic hydroxyl groups is 1. The summed E-state index contributed by atoms with van der Waals surface area (Å²) in [5, 5.41) is 11.1. The molecule has 0 aliphatic rings. The van der Waals surface area contributed by atoms with Gasteiger partial charge in [-0.15, -0.1) is 0 Å². The maximum absolute atomic E-state index is 11.1. The van der Waals surface area contributed by atoms with Crippen molar-refractivity contribution < 1.29 is 14.6 Å². The molecule has 0 unspecified atom stereocenters. The monoisotopic (exact) mass is 223 g/mol. The molecule has 0 fully saturated rings. The standard InChI is InChI=1S/C12H17NO3/c14-8-7-13-12(15)6-9-16-10-11-4-2-1-3-5-11/h1-5,14H,6-10H2,(H,13,15). The lowest BCUT2D eigenvalue weighted by molar-refractivity contribution is -0.122. The highest BCUT2D eigenvalue weighted by Crippen LogP contribution is 2.00. The highest BCUT2D eigenvalue weighted by Gasteiger charge is 1.99. The van der Waals surface area contributed by atoms with Gasteiger partial charge in [-0.2, -0.15) is 0 Å². The van der Waals surface area contributed by atoms with Gasteiger partial charge >= 0.3 is 0 Å². The van der Waals surface area contributed by atoms with Crippen molar-refractivity contribution >= 4 is 5.91 Å². The molecule has 0 saturated heterocycles. The maximum Gasteiger partial charge on any atom is 0.222 e. The summed E-state index contributed by atoms with van der Waals surface area (Å²) in [5.74, 6) is -0.0953. The van der Waals surface area contributed by atoms with E-state index >= 15 is 0 Å². The predicted molar refractivity (Wildman–Crippen MR) is 60.8 cm³/mol. The summed E-state index contributed by atoms with van der Waals surface area (Å²) >= 11 is 0. The van der Waals surface area contributed by atoms with E-state index in [1.54, 1.807) is 0 Å². The number of nitrogens with one attached hydrogen (secondary N) is 1. The smallest absolute Gasteiger partial charge is 0.222 e. The Morgan fingerprint density at radius 2 is 2.06 bits per heavy atom. The Morgan fingerprint density at radius 3 is 2.75 bits per heavy atom.